The van der Waals surface area contributed by atoms with Crippen molar-refractivity contribution in [2.45, 2.75) is 76.3 Å². The number of hydrogen-bond acceptors (Lipinski definition) is 4. The zero-order valence-electron chi connectivity index (χ0n) is 22.1. The summed E-state index contributed by atoms with van der Waals surface area (Å²) in [6.07, 6.45) is 0.00310. The molecule has 0 radical (unpaired) electrons. The number of nitrogens with one attached hydrogen (secondary N) is 1. The average Bonchev–Trinajstić information content (AvgIpc) is 3.35. The third kappa shape index (κ3) is 3.19. The molecule has 2 unspecified atom stereocenters. The second-order valence-electron chi connectivity index (χ2n) is 12.0. The number of hydrogen-bond donors (Lipinski definition) is 2. The smallest absolute Gasteiger partial charge is 0.416 e. The number of nitrogens with zero attached hydrogens (tertiary/aromatic N) is 1. The van der Waals surface area contributed by atoms with E-state index in [-0.39, 0.29) is 22.5 Å². The van der Waals surface area contributed by atoms with E-state index in [4.69, 9.17) is 4.99 Å². The molecule has 0 spiro atoms. The van der Waals surface area contributed by atoms with Crippen molar-refractivity contribution in [3.63, 3.8) is 0 Å². The van der Waals surface area contributed by atoms with Gasteiger partial charge in [0.25, 0.3) is 0 Å². The number of anilines is 1. The minimum absolute atomic E-state index is 0.00502. The Hall–Kier alpha value is -3.61. The van der Waals surface area contributed by atoms with Crippen LogP contribution in [0.15, 0.2) is 75.1 Å². The van der Waals surface area contributed by atoms with E-state index in [1.165, 1.54) is 23.3 Å². The molecule has 2 N–H and O–H groups in total. The molecule has 2 aromatic rings. The van der Waals surface area contributed by atoms with Crippen LogP contribution in [0.25, 0.3) is 0 Å². The van der Waals surface area contributed by atoms with Gasteiger partial charge in [-0.25, -0.2) is 0 Å². The first-order chi connectivity index (χ1) is 18.4. The van der Waals surface area contributed by atoms with Gasteiger partial charge >= 0.3 is 6.18 Å². The number of alkyl halides is 3. The summed E-state index contributed by atoms with van der Waals surface area (Å²) in [5.74, 6) is -0.198. The minimum Gasteiger partial charge on any atom is -0.506 e. The number of carbonyl (C=O) groups excluding carboxylic acids is 1. The molecule has 2 atom stereocenters. The maximum absolute atomic E-state index is 13.8. The lowest BCUT2D eigenvalue weighted by Gasteiger charge is -2.38. The highest BCUT2D eigenvalue weighted by Gasteiger charge is 2.50. The molecular formula is C32H29F3N2O2. The lowest BCUT2D eigenvalue weighted by atomic mass is 9.64. The molecule has 3 aliphatic carbocycles. The van der Waals surface area contributed by atoms with Gasteiger partial charge in [0.1, 0.15) is 5.76 Å². The monoisotopic (exact) mass is 530 g/mol. The quantitative estimate of drug-likeness (QED) is 0.367. The molecule has 2 aromatic carbocycles. The van der Waals surface area contributed by atoms with Crippen LogP contribution in [0.5, 0.6) is 0 Å². The normalized spacial score (nSPS) is 29.4. The Labute approximate surface area is 225 Å². The number of aliphatic imine (C=N–C) groups is 1. The first-order valence-corrected chi connectivity index (χ1v) is 13.6. The molecule has 0 aromatic heterocycles. The fourth-order valence-corrected chi connectivity index (χ4v) is 7.51. The van der Waals surface area contributed by atoms with Gasteiger partial charge in [0.05, 0.1) is 28.1 Å². The van der Waals surface area contributed by atoms with Crippen LogP contribution in [-0.2, 0) is 21.8 Å². The summed E-state index contributed by atoms with van der Waals surface area (Å²) in [6, 6.07) is 10.0. The van der Waals surface area contributed by atoms with Gasteiger partial charge in [-0.1, -0.05) is 17.7 Å². The Morgan fingerprint density at radius 2 is 1.64 bits per heavy atom. The summed E-state index contributed by atoms with van der Waals surface area (Å²) < 4.78 is 40.4. The first kappa shape index (κ1) is 24.4. The lowest BCUT2D eigenvalue weighted by Crippen LogP contribution is -2.38. The summed E-state index contributed by atoms with van der Waals surface area (Å²) in [4.78, 5) is 18.5. The number of halogens is 3. The van der Waals surface area contributed by atoms with Crippen LogP contribution >= 0.6 is 0 Å². The molecule has 7 rings (SSSR count). The Kier molecular flexibility index (Phi) is 4.85. The minimum atomic E-state index is -4.44. The molecule has 39 heavy (non-hydrogen) atoms. The van der Waals surface area contributed by atoms with E-state index in [1.54, 1.807) is 0 Å². The van der Waals surface area contributed by atoms with Gasteiger partial charge in [-0.2, -0.15) is 13.2 Å². The van der Waals surface area contributed by atoms with Crippen LogP contribution < -0.4 is 5.32 Å². The maximum Gasteiger partial charge on any atom is 0.416 e. The lowest BCUT2D eigenvalue weighted by molar-refractivity contribution is -0.137. The number of allylic oxidation sites excluding steroid dienone is 5. The van der Waals surface area contributed by atoms with Gasteiger partial charge in [-0.05, 0) is 106 Å². The van der Waals surface area contributed by atoms with Crippen LogP contribution in [0, 0.1) is 6.92 Å². The number of benzene rings is 2. The van der Waals surface area contributed by atoms with Crippen LogP contribution in [0.1, 0.15) is 74.6 Å². The summed E-state index contributed by atoms with van der Waals surface area (Å²) in [6.45, 7) is 6.18. The van der Waals surface area contributed by atoms with Crippen molar-refractivity contribution in [2.75, 3.05) is 5.32 Å². The van der Waals surface area contributed by atoms with Gasteiger partial charge in [0.15, 0.2) is 0 Å². The van der Waals surface area contributed by atoms with E-state index >= 15 is 0 Å². The number of aryl methyl sites for hydroxylation is 1. The van der Waals surface area contributed by atoms with Crippen molar-refractivity contribution >= 4 is 22.9 Å². The van der Waals surface area contributed by atoms with E-state index < -0.39 is 17.2 Å². The third-order valence-corrected chi connectivity index (χ3v) is 9.58. The Balaban J connectivity index is 1.32. The van der Waals surface area contributed by atoms with Gasteiger partial charge in [0.2, 0.25) is 5.78 Å². The summed E-state index contributed by atoms with van der Waals surface area (Å²) in [5.41, 5.74) is 6.62. The number of rotatable bonds is 1. The fourth-order valence-electron chi connectivity index (χ4n) is 7.51. The highest BCUT2D eigenvalue weighted by molar-refractivity contribution is 6.27. The highest BCUT2D eigenvalue weighted by Crippen LogP contribution is 2.56. The Morgan fingerprint density at radius 1 is 0.923 bits per heavy atom. The molecule has 1 fully saturated rings. The second-order valence-corrected chi connectivity index (χ2v) is 12.0. The number of ketones is 1. The molecule has 2 heterocycles. The molecule has 0 bridgehead atoms. The van der Waals surface area contributed by atoms with Gasteiger partial charge in [-0.3, -0.25) is 9.79 Å². The molecule has 0 amide bonds. The van der Waals surface area contributed by atoms with Crippen molar-refractivity contribution in [2.24, 2.45) is 4.99 Å². The molecule has 1 saturated carbocycles. The van der Waals surface area contributed by atoms with Crippen LogP contribution in [0.4, 0.5) is 24.5 Å². The standard InChI is InChI=1S/C32H29F3N2O2/c1-16-8-10-22-20(14-16)30(2)12-4-6-18(28(30)36-22)24-26(38)25(27(24)39)19-7-5-13-31(3)21-15-17(32(33,34)35)9-11-23(21)37-29(19)31/h8-11,14-15,36,38H,4-7,12-13H2,1-3H3. The average molecular weight is 531 g/mol. The molecule has 200 valence electrons. The molecule has 7 heteroatoms. The van der Waals surface area contributed by atoms with Crippen molar-refractivity contribution in [1.29, 1.82) is 0 Å². The van der Waals surface area contributed by atoms with Crippen LogP contribution in [-0.4, -0.2) is 16.6 Å². The van der Waals surface area contributed by atoms with Crippen molar-refractivity contribution in [1.82, 2.24) is 0 Å². The number of aliphatic hydroxyl groups excluding tert-OH is 1. The SMILES string of the molecule is Cc1ccc2c(c1)C1(C)CCCC(C3=C(O)C(=C4CCCC5(C)C4=Nc4ccc(C(F)(F)F)cc45)C3=O)=C1N2. The van der Waals surface area contributed by atoms with E-state index in [1.807, 2.05) is 6.92 Å². The molecular weight excluding hydrogens is 501 g/mol. The van der Waals surface area contributed by atoms with Gasteiger partial charge < -0.3 is 10.4 Å². The Bertz CT molecular complexity index is 1640. The van der Waals surface area contributed by atoms with Crippen LogP contribution in [0.2, 0.25) is 0 Å². The maximum atomic E-state index is 13.8. The Morgan fingerprint density at radius 3 is 2.36 bits per heavy atom. The number of Topliss-reactive ketones (excluding diaryl/α,β-unsaturated/α-hetero) is 1. The molecule has 5 aliphatic rings. The van der Waals surface area contributed by atoms with E-state index in [2.05, 4.69) is 37.4 Å². The van der Waals surface area contributed by atoms with E-state index in [9.17, 15) is 23.1 Å². The summed E-state index contributed by atoms with van der Waals surface area (Å²) in [5, 5.41) is 15.0. The van der Waals surface area contributed by atoms with Gasteiger partial charge in [-0.15, -0.1) is 0 Å². The highest BCUT2D eigenvalue weighted by atomic mass is 19.4. The number of carbonyl (C=O) groups is 1. The summed E-state index contributed by atoms with van der Waals surface area (Å²) in [7, 11) is 0. The zero-order valence-corrected chi connectivity index (χ0v) is 22.1. The molecule has 4 nitrogen and oxygen atoms in total. The van der Waals surface area contributed by atoms with Crippen LogP contribution in [0.3, 0.4) is 0 Å². The molecule has 0 saturated heterocycles. The van der Waals surface area contributed by atoms with Gasteiger partial charge in [0, 0.05) is 22.2 Å². The first-order valence-electron chi connectivity index (χ1n) is 13.6. The number of fused-ring (bicyclic) bond motifs is 6. The third-order valence-electron chi connectivity index (χ3n) is 9.58. The molecule has 2 aliphatic heterocycles. The van der Waals surface area contributed by atoms with E-state index in [0.717, 1.165) is 35.9 Å². The van der Waals surface area contributed by atoms with E-state index in [0.29, 0.717) is 53.8 Å². The largest absolute Gasteiger partial charge is 0.506 e. The van der Waals surface area contributed by atoms with Crippen molar-refractivity contribution in [3.8, 4) is 0 Å². The fraction of sp³-hybridized carbons (Fsp3) is 0.375. The number of aliphatic hydroxyl groups is 1. The second kappa shape index (κ2) is 7.74. The summed E-state index contributed by atoms with van der Waals surface area (Å²) >= 11 is 0. The van der Waals surface area contributed by atoms with Crippen molar-refractivity contribution in [3.05, 3.63) is 92.4 Å². The predicted octanol–water partition coefficient (Wildman–Crippen LogP) is 8.05. The van der Waals surface area contributed by atoms with Crippen molar-refractivity contribution < 1.29 is 23.1 Å². The predicted molar refractivity (Wildman–Crippen MR) is 144 cm³/mol. The zero-order chi connectivity index (χ0) is 27.5. The topological polar surface area (TPSA) is 61.7 Å².